The maximum atomic E-state index is 11.8. The minimum atomic E-state index is -0.272. The molecule has 0 unspecified atom stereocenters. The summed E-state index contributed by atoms with van der Waals surface area (Å²) in [5, 5.41) is 14.7. The molecule has 5 nitrogen and oxygen atoms in total. The Morgan fingerprint density at radius 2 is 2.10 bits per heavy atom. The molecule has 1 amide bonds. The fourth-order valence-corrected chi connectivity index (χ4v) is 2.14. The highest BCUT2D eigenvalue weighted by molar-refractivity contribution is 9.10. The van der Waals surface area contributed by atoms with Crippen molar-refractivity contribution < 1.29 is 14.6 Å². The van der Waals surface area contributed by atoms with E-state index in [-0.39, 0.29) is 24.7 Å². The molecule has 6 heteroatoms. The number of aliphatic hydroxyl groups is 1. The number of benzene rings is 1. The highest BCUT2D eigenvalue weighted by atomic mass is 79.9. The monoisotopic (exact) mass is 358 g/mol. The number of hydrogen-bond acceptors (Lipinski definition) is 4. The van der Waals surface area contributed by atoms with Crippen LogP contribution in [0.5, 0.6) is 5.75 Å². The summed E-state index contributed by atoms with van der Waals surface area (Å²) in [5.41, 5.74) is 0.660. The Bertz CT molecular complexity index is 472. The Labute approximate surface area is 134 Å². The second-order valence-electron chi connectivity index (χ2n) is 5.74. The lowest BCUT2D eigenvalue weighted by Crippen LogP contribution is -2.43. The van der Waals surface area contributed by atoms with Gasteiger partial charge in [-0.1, -0.05) is 15.9 Å². The topological polar surface area (TPSA) is 70.6 Å². The van der Waals surface area contributed by atoms with E-state index in [9.17, 15) is 4.79 Å². The Morgan fingerprint density at radius 3 is 2.71 bits per heavy atom. The van der Waals surface area contributed by atoms with E-state index in [2.05, 4.69) is 26.6 Å². The van der Waals surface area contributed by atoms with Crippen LogP contribution in [0, 0.1) is 0 Å². The van der Waals surface area contributed by atoms with Crippen molar-refractivity contribution in [3.8, 4) is 5.75 Å². The zero-order valence-electron chi connectivity index (χ0n) is 12.7. The van der Waals surface area contributed by atoms with Gasteiger partial charge < -0.3 is 20.5 Å². The van der Waals surface area contributed by atoms with Crippen molar-refractivity contribution in [2.75, 3.05) is 19.8 Å². The molecule has 21 heavy (non-hydrogen) atoms. The zero-order valence-corrected chi connectivity index (χ0v) is 14.3. The number of ether oxygens (including phenoxy) is 1. The van der Waals surface area contributed by atoms with Crippen molar-refractivity contribution in [3.05, 3.63) is 28.2 Å². The molecule has 0 radical (unpaired) electrons. The van der Waals surface area contributed by atoms with E-state index in [0.29, 0.717) is 18.8 Å². The van der Waals surface area contributed by atoms with Gasteiger partial charge in [-0.15, -0.1) is 0 Å². The zero-order chi connectivity index (χ0) is 15.9. The minimum absolute atomic E-state index is 0.0219. The molecule has 0 aliphatic rings. The van der Waals surface area contributed by atoms with Gasteiger partial charge in [-0.2, -0.15) is 0 Å². The maximum absolute atomic E-state index is 11.8. The second kappa shape index (κ2) is 8.36. The molecule has 0 atom stereocenters. The van der Waals surface area contributed by atoms with Crippen LogP contribution in [-0.2, 0) is 11.3 Å². The van der Waals surface area contributed by atoms with Crippen LogP contribution >= 0.6 is 15.9 Å². The molecule has 1 aromatic carbocycles. The molecule has 0 saturated carbocycles. The third-order valence-corrected chi connectivity index (χ3v) is 2.99. The third kappa shape index (κ3) is 7.45. The Balaban J connectivity index is 2.63. The van der Waals surface area contributed by atoms with Gasteiger partial charge in [-0.25, -0.2) is 0 Å². The summed E-state index contributed by atoms with van der Waals surface area (Å²) in [6.07, 6.45) is 0. The number of rotatable bonds is 7. The standard InChI is InChI=1S/C15H23BrN2O3/c1-15(2,3)18-14(20)10-21-13-5-4-12(16)8-11(13)9-17-6-7-19/h4-5,8,17,19H,6-7,9-10H2,1-3H3,(H,18,20). The van der Waals surface area contributed by atoms with Gasteiger partial charge in [0.25, 0.3) is 5.91 Å². The molecular formula is C15H23BrN2O3. The molecule has 0 aromatic heterocycles. The molecule has 1 rings (SSSR count). The normalized spacial score (nSPS) is 11.3. The smallest absolute Gasteiger partial charge is 0.258 e. The number of amides is 1. The Hall–Kier alpha value is -1.11. The molecule has 0 fully saturated rings. The molecule has 0 spiro atoms. The lowest BCUT2D eigenvalue weighted by Gasteiger charge is -2.21. The van der Waals surface area contributed by atoms with Gasteiger partial charge >= 0.3 is 0 Å². The van der Waals surface area contributed by atoms with Crippen molar-refractivity contribution in [2.24, 2.45) is 0 Å². The summed E-state index contributed by atoms with van der Waals surface area (Å²) < 4.78 is 6.53. The van der Waals surface area contributed by atoms with Crippen LogP contribution in [0.4, 0.5) is 0 Å². The molecule has 118 valence electrons. The van der Waals surface area contributed by atoms with Crippen molar-refractivity contribution in [3.63, 3.8) is 0 Å². The average molecular weight is 359 g/mol. The third-order valence-electron chi connectivity index (χ3n) is 2.50. The number of nitrogens with one attached hydrogen (secondary N) is 2. The van der Waals surface area contributed by atoms with Gasteiger partial charge in [0.05, 0.1) is 6.61 Å². The molecular weight excluding hydrogens is 336 g/mol. The maximum Gasteiger partial charge on any atom is 0.258 e. The van der Waals surface area contributed by atoms with E-state index in [1.54, 1.807) is 0 Å². The van der Waals surface area contributed by atoms with Crippen molar-refractivity contribution in [1.29, 1.82) is 0 Å². The summed E-state index contributed by atoms with van der Waals surface area (Å²) in [6, 6.07) is 5.62. The molecule has 0 aliphatic heterocycles. The highest BCUT2D eigenvalue weighted by Gasteiger charge is 2.14. The van der Waals surface area contributed by atoms with Crippen LogP contribution in [-0.4, -0.2) is 36.3 Å². The summed E-state index contributed by atoms with van der Waals surface area (Å²) in [7, 11) is 0. The van der Waals surface area contributed by atoms with E-state index < -0.39 is 0 Å². The summed E-state index contributed by atoms with van der Waals surface area (Å²) in [5.74, 6) is 0.507. The van der Waals surface area contributed by atoms with Gasteiger partial charge in [0.2, 0.25) is 0 Å². The van der Waals surface area contributed by atoms with E-state index in [0.717, 1.165) is 10.0 Å². The lowest BCUT2D eigenvalue weighted by atomic mass is 10.1. The van der Waals surface area contributed by atoms with Crippen molar-refractivity contribution in [1.82, 2.24) is 10.6 Å². The van der Waals surface area contributed by atoms with Crippen LogP contribution in [0.2, 0.25) is 0 Å². The first-order chi connectivity index (χ1) is 9.81. The van der Waals surface area contributed by atoms with Crippen LogP contribution < -0.4 is 15.4 Å². The molecule has 0 bridgehead atoms. The highest BCUT2D eigenvalue weighted by Crippen LogP contribution is 2.23. The summed E-state index contributed by atoms with van der Waals surface area (Å²) in [6.45, 7) is 6.91. The number of carbonyl (C=O) groups is 1. The number of aliphatic hydroxyl groups excluding tert-OH is 1. The first-order valence-corrected chi connectivity index (χ1v) is 7.65. The first-order valence-electron chi connectivity index (χ1n) is 6.85. The predicted molar refractivity (Wildman–Crippen MR) is 86.3 cm³/mol. The Morgan fingerprint density at radius 1 is 1.38 bits per heavy atom. The molecule has 0 saturated heterocycles. The molecule has 0 aliphatic carbocycles. The van der Waals surface area contributed by atoms with Crippen molar-refractivity contribution >= 4 is 21.8 Å². The second-order valence-corrected chi connectivity index (χ2v) is 6.65. The fraction of sp³-hybridized carbons (Fsp3) is 0.533. The minimum Gasteiger partial charge on any atom is -0.483 e. The van der Waals surface area contributed by atoms with Gasteiger partial charge in [0.1, 0.15) is 5.75 Å². The Kier molecular flexibility index (Phi) is 7.14. The number of halogens is 1. The predicted octanol–water partition coefficient (Wildman–Crippen LogP) is 1.82. The van der Waals surface area contributed by atoms with E-state index in [1.165, 1.54) is 0 Å². The van der Waals surface area contributed by atoms with E-state index in [4.69, 9.17) is 9.84 Å². The largest absolute Gasteiger partial charge is 0.483 e. The summed E-state index contributed by atoms with van der Waals surface area (Å²) >= 11 is 3.41. The molecule has 3 N–H and O–H groups in total. The van der Waals surface area contributed by atoms with E-state index in [1.807, 2.05) is 39.0 Å². The number of carbonyl (C=O) groups excluding carboxylic acids is 1. The van der Waals surface area contributed by atoms with Gasteiger partial charge in [-0.3, -0.25) is 4.79 Å². The first kappa shape index (κ1) is 17.9. The van der Waals surface area contributed by atoms with Gasteiger partial charge in [-0.05, 0) is 39.0 Å². The van der Waals surface area contributed by atoms with Crippen LogP contribution in [0.3, 0.4) is 0 Å². The van der Waals surface area contributed by atoms with Crippen LogP contribution in [0.15, 0.2) is 22.7 Å². The molecule has 1 aromatic rings. The van der Waals surface area contributed by atoms with E-state index >= 15 is 0 Å². The lowest BCUT2D eigenvalue weighted by molar-refractivity contribution is -0.124. The van der Waals surface area contributed by atoms with Crippen LogP contribution in [0.25, 0.3) is 0 Å². The van der Waals surface area contributed by atoms with Crippen LogP contribution in [0.1, 0.15) is 26.3 Å². The fourth-order valence-electron chi connectivity index (χ4n) is 1.73. The molecule has 0 heterocycles. The number of hydrogen-bond donors (Lipinski definition) is 3. The summed E-state index contributed by atoms with van der Waals surface area (Å²) in [4.78, 5) is 11.8. The average Bonchev–Trinajstić information content (AvgIpc) is 2.36. The quantitative estimate of drug-likeness (QED) is 0.650. The SMILES string of the molecule is CC(C)(C)NC(=O)COc1ccc(Br)cc1CNCCO. The van der Waals surface area contributed by atoms with Crippen molar-refractivity contribution in [2.45, 2.75) is 32.9 Å². The van der Waals surface area contributed by atoms with Gasteiger partial charge in [0, 0.05) is 28.7 Å². The van der Waals surface area contributed by atoms with Gasteiger partial charge in [0.15, 0.2) is 6.61 Å².